The molecular weight excluding hydrogens is 547 g/mol. The number of methoxy groups -OCH3 is 1. The Kier molecular flexibility index (Phi) is 7.42. The topological polar surface area (TPSA) is 82.6 Å². The average molecular weight is 578 g/mol. The first-order valence-corrected chi connectivity index (χ1v) is 13.7. The fraction of sp³-hybridized carbons (Fsp3) is 0.250. The van der Waals surface area contributed by atoms with E-state index in [0.717, 1.165) is 33.3 Å². The van der Waals surface area contributed by atoms with E-state index in [9.17, 15) is 14.7 Å². The number of aliphatic hydroxyl groups excluding tert-OH is 1. The van der Waals surface area contributed by atoms with Crippen molar-refractivity contribution in [3.63, 3.8) is 0 Å². The average Bonchev–Trinajstić information content (AvgIpc) is 3.44. The minimum absolute atomic E-state index is 0.00155. The number of hydrogen-bond acceptors (Lipinski definition) is 4. The Morgan fingerprint density at radius 3 is 2.40 bits per heavy atom. The number of aliphatic hydroxyl groups is 1. The molecule has 1 saturated heterocycles. The lowest BCUT2D eigenvalue weighted by molar-refractivity contribution is -0.139. The van der Waals surface area contributed by atoms with Crippen LogP contribution < -0.4 is 4.74 Å². The minimum Gasteiger partial charge on any atom is -0.507 e. The molecular formula is C32H30Cl2N2O4. The van der Waals surface area contributed by atoms with Crippen molar-refractivity contribution in [1.82, 2.24) is 9.88 Å². The Balaban J connectivity index is 1.58. The van der Waals surface area contributed by atoms with Gasteiger partial charge < -0.3 is 19.7 Å². The van der Waals surface area contributed by atoms with Gasteiger partial charge in [-0.05, 0) is 64.9 Å². The number of ether oxygens (including phenoxy) is 1. The summed E-state index contributed by atoms with van der Waals surface area (Å²) in [5, 5.41) is 13.0. The summed E-state index contributed by atoms with van der Waals surface area (Å²) >= 11 is 12.5. The lowest BCUT2D eigenvalue weighted by Gasteiger charge is -2.26. The van der Waals surface area contributed by atoms with Gasteiger partial charge in [0.1, 0.15) is 11.5 Å². The smallest absolute Gasteiger partial charge is 0.295 e. The molecule has 0 bridgehead atoms. The van der Waals surface area contributed by atoms with Gasteiger partial charge in [0.2, 0.25) is 0 Å². The summed E-state index contributed by atoms with van der Waals surface area (Å²) in [5.74, 6) is -1.03. The van der Waals surface area contributed by atoms with Crippen LogP contribution in [0.4, 0.5) is 0 Å². The van der Waals surface area contributed by atoms with Gasteiger partial charge in [-0.2, -0.15) is 0 Å². The van der Waals surface area contributed by atoms with Crippen LogP contribution in [0.5, 0.6) is 5.75 Å². The summed E-state index contributed by atoms with van der Waals surface area (Å²) in [6.07, 6.45) is 2.39. The monoisotopic (exact) mass is 576 g/mol. The number of nitrogens with zero attached hydrogens (tertiary/aromatic N) is 1. The van der Waals surface area contributed by atoms with E-state index in [0.29, 0.717) is 11.4 Å². The molecule has 0 saturated carbocycles. The first-order chi connectivity index (χ1) is 19.0. The van der Waals surface area contributed by atoms with E-state index in [1.807, 2.05) is 48.7 Å². The number of carbonyl (C=O) groups excluding carboxylic acids is 2. The molecule has 8 heteroatoms. The van der Waals surface area contributed by atoms with Gasteiger partial charge >= 0.3 is 0 Å². The van der Waals surface area contributed by atoms with Crippen molar-refractivity contribution >= 4 is 51.6 Å². The number of hydrogen-bond donors (Lipinski definition) is 2. The number of amides is 1. The third-order valence-corrected chi connectivity index (χ3v) is 7.96. The lowest BCUT2D eigenvalue weighted by Crippen LogP contribution is -2.31. The number of H-pyrrole nitrogens is 1. The largest absolute Gasteiger partial charge is 0.507 e. The summed E-state index contributed by atoms with van der Waals surface area (Å²) in [6.45, 7) is 6.61. The Bertz CT molecular complexity index is 1650. The van der Waals surface area contributed by atoms with Gasteiger partial charge in [-0.3, -0.25) is 9.59 Å². The predicted molar refractivity (Wildman–Crippen MR) is 159 cm³/mol. The highest BCUT2D eigenvalue weighted by atomic mass is 35.5. The summed E-state index contributed by atoms with van der Waals surface area (Å²) in [7, 11) is 1.62. The molecule has 5 rings (SSSR count). The van der Waals surface area contributed by atoms with Crippen molar-refractivity contribution in [2.75, 3.05) is 13.7 Å². The number of Topliss-reactive ketones (excluding diaryl/α,β-unsaturated/α-hetero) is 1. The van der Waals surface area contributed by atoms with Gasteiger partial charge in [0, 0.05) is 34.2 Å². The van der Waals surface area contributed by atoms with Crippen LogP contribution in [0, 0.1) is 0 Å². The fourth-order valence-electron chi connectivity index (χ4n) is 5.18. The summed E-state index contributed by atoms with van der Waals surface area (Å²) in [4.78, 5) is 31.7. The first kappa shape index (κ1) is 27.8. The first-order valence-electron chi connectivity index (χ1n) is 13.0. The van der Waals surface area contributed by atoms with Crippen LogP contribution in [0.15, 0.2) is 72.4 Å². The second-order valence-electron chi connectivity index (χ2n) is 11.0. The molecule has 40 heavy (non-hydrogen) atoms. The molecule has 2 heterocycles. The number of aromatic amines is 1. The SMILES string of the molecule is COc1ccc2[nH]cc(CCN3C(=O)C(=O)C(=C(O)c4ccc(Cl)cc4Cl)[C@@H]3c3ccc(C(C)(C)C)cc3)c2c1. The second kappa shape index (κ2) is 10.7. The van der Waals surface area contributed by atoms with Gasteiger partial charge in [0.15, 0.2) is 0 Å². The van der Waals surface area contributed by atoms with Crippen molar-refractivity contribution in [3.05, 3.63) is 105 Å². The number of fused-ring (bicyclic) bond motifs is 1. The standard InChI is InChI=1S/C32H30Cl2N2O4/c1-32(2,3)20-7-5-18(6-8-20)28-27(29(37)23-11-9-21(33)15-25(23)34)30(38)31(39)36(28)14-13-19-17-35-26-12-10-22(40-4)16-24(19)26/h5-12,15-17,28,35,37H,13-14H2,1-4H3/t28-/m0/s1. The zero-order chi connectivity index (χ0) is 28.8. The Hall–Kier alpha value is -3.74. The van der Waals surface area contributed by atoms with Crippen LogP contribution in [-0.2, 0) is 21.4 Å². The maximum absolute atomic E-state index is 13.5. The number of carbonyl (C=O) groups is 2. The van der Waals surface area contributed by atoms with Gasteiger partial charge in [-0.1, -0.05) is 68.2 Å². The third-order valence-electron chi connectivity index (χ3n) is 7.42. The molecule has 1 atom stereocenters. The number of benzene rings is 3. The van der Waals surface area contributed by atoms with Crippen LogP contribution in [0.1, 0.15) is 49.1 Å². The van der Waals surface area contributed by atoms with E-state index in [4.69, 9.17) is 27.9 Å². The molecule has 3 aromatic carbocycles. The quantitative estimate of drug-likeness (QED) is 0.142. The van der Waals surface area contributed by atoms with Crippen LogP contribution in [0.25, 0.3) is 16.7 Å². The number of halogens is 2. The maximum atomic E-state index is 13.5. The Morgan fingerprint density at radius 2 is 1.75 bits per heavy atom. The van der Waals surface area contributed by atoms with Crippen LogP contribution >= 0.6 is 23.2 Å². The van der Waals surface area contributed by atoms with E-state index in [-0.39, 0.29) is 33.9 Å². The minimum atomic E-state index is -0.791. The van der Waals surface area contributed by atoms with Crippen LogP contribution in [-0.4, -0.2) is 40.3 Å². The fourth-order valence-corrected chi connectivity index (χ4v) is 5.68. The number of ketones is 1. The number of likely N-dealkylation sites (tertiary alicyclic amines) is 1. The summed E-state index contributed by atoms with van der Waals surface area (Å²) < 4.78 is 5.39. The Morgan fingerprint density at radius 1 is 1.02 bits per heavy atom. The maximum Gasteiger partial charge on any atom is 0.295 e. The lowest BCUT2D eigenvalue weighted by atomic mass is 9.85. The third kappa shape index (κ3) is 5.09. The Labute approximate surface area is 243 Å². The molecule has 6 nitrogen and oxygen atoms in total. The highest BCUT2D eigenvalue weighted by molar-refractivity contribution is 6.47. The summed E-state index contributed by atoms with van der Waals surface area (Å²) in [6, 6.07) is 17.4. The van der Waals surface area contributed by atoms with Gasteiger partial charge in [-0.15, -0.1) is 0 Å². The van der Waals surface area contributed by atoms with Crippen molar-refractivity contribution < 1.29 is 19.4 Å². The van der Waals surface area contributed by atoms with E-state index < -0.39 is 17.7 Å². The zero-order valence-electron chi connectivity index (χ0n) is 22.7. The molecule has 0 radical (unpaired) electrons. The van der Waals surface area contributed by atoms with Crippen molar-refractivity contribution in [3.8, 4) is 5.75 Å². The van der Waals surface area contributed by atoms with E-state index >= 15 is 0 Å². The molecule has 1 amide bonds. The van der Waals surface area contributed by atoms with Crippen LogP contribution in [0.2, 0.25) is 10.0 Å². The second-order valence-corrected chi connectivity index (χ2v) is 11.8. The number of nitrogens with one attached hydrogen (secondary N) is 1. The molecule has 0 unspecified atom stereocenters. The number of aromatic nitrogens is 1. The molecule has 206 valence electrons. The van der Waals surface area contributed by atoms with E-state index in [1.165, 1.54) is 11.0 Å². The molecule has 4 aromatic rings. The molecule has 2 N–H and O–H groups in total. The van der Waals surface area contributed by atoms with Crippen molar-refractivity contribution in [1.29, 1.82) is 0 Å². The van der Waals surface area contributed by atoms with Crippen molar-refractivity contribution in [2.45, 2.75) is 38.6 Å². The van der Waals surface area contributed by atoms with Gasteiger partial charge in [0.25, 0.3) is 11.7 Å². The van der Waals surface area contributed by atoms with Crippen LogP contribution in [0.3, 0.4) is 0 Å². The zero-order valence-corrected chi connectivity index (χ0v) is 24.2. The van der Waals surface area contributed by atoms with Gasteiger partial charge in [-0.25, -0.2) is 0 Å². The molecule has 0 aliphatic carbocycles. The predicted octanol–water partition coefficient (Wildman–Crippen LogP) is 7.45. The van der Waals surface area contributed by atoms with Crippen molar-refractivity contribution in [2.24, 2.45) is 0 Å². The molecule has 1 aliphatic heterocycles. The highest BCUT2D eigenvalue weighted by Gasteiger charge is 2.46. The molecule has 1 aliphatic rings. The molecule has 1 aromatic heterocycles. The normalized spacial score (nSPS) is 17.1. The highest BCUT2D eigenvalue weighted by Crippen LogP contribution is 2.41. The summed E-state index contributed by atoms with van der Waals surface area (Å²) in [5.41, 5.74) is 3.93. The van der Waals surface area contributed by atoms with E-state index in [1.54, 1.807) is 19.2 Å². The molecule has 1 fully saturated rings. The van der Waals surface area contributed by atoms with E-state index in [2.05, 4.69) is 25.8 Å². The molecule has 0 spiro atoms. The van der Waals surface area contributed by atoms with Gasteiger partial charge in [0.05, 0.1) is 23.7 Å². The number of rotatable bonds is 6.